The van der Waals surface area contributed by atoms with E-state index in [1.807, 2.05) is 25.1 Å². The number of fused-ring (bicyclic) bond motifs is 1. The highest BCUT2D eigenvalue weighted by molar-refractivity contribution is 7.75. The number of carbonyl (C=O) groups is 1. The molecule has 3 rings (SSSR count). The molecule has 0 radical (unpaired) electrons. The molecule has 1 heterocycles. The zero-order valence-electron chi connectivity index (χ0n) is 16.8. The van der Waals surface area contributed by atoms with E-state index in [0.29, 0.717) is 0 Å². The second-order valence-electron chi connectivity index (χ2n) is 6.96. The Morgan fingerprint density at radius 3 is 2.70 bits per heavy atom. The fraction of sp³-hybridized carbons (Fsp3) is 0.227. The van der Waals surface area contributed by atoms with E-state index in [1.165, 1.54) is 19.2 Å². The first kappa shape index (κ1) is 22.3. The number of H-pyrrole nitrogens is 1. The maximum atomic E-state index is 14.9. The maximum Gasteiger partial charge on any atom is 0.353 e. The molecule has 0 aliphatic heterocycles. The number of aromatic nitrogens is 1. The van der Waals surface area contributed by atoms with Crippen molar-refractivity contribution in [2.45, 2.75) is 26.7 Å². The van der Waals surface area contributed by atoms with Crippen LogP contribution in [0.5, 0.6) is 0 Å². The maximum absolute atomic E-state index is 14.9. The van der Waals surface area contributed by atoms with Gasteiger partial charge in [-0.15, -0.1) is 0 Å². The smallest absolute Gasteiger partial charge is 0.353 e. The van der Waals surface area contributed by atoms with Gasteiger partial charge in [0, 0.05) is 17.9 Å². The number of nitrogens with one attached hydrogen (secondary N) is 1. The normalized spacial score (nSPS) is 13.8. The van der Waals surface area contributed by atoms with Crippen LogP contribution in [0.2, 0.25) is 5.02 Å². The quantitative estimate of drug-likeness (QED) is 0.456. The fourth-order valence-electron chi connectivity index (χ4n) is 3.42. The van der Waals surface area contributed by atoms with Crippen LogP contribution in [0, 0.1) is 12.7 Å². The van der Waals surface area contributed by atoms with Crippen LogP contribution in [0.15, 0.2) is 36.4 Å². The van der Waals surface area contributed by atoms with Crippen molar-refractivity contribution in [3.05, 3.63) is 64.1 Å². The van der Waals surface area contributed by atoms with Crippen LogP contribution >= 0.6 is 19.0 Å². The monoisotopic (exact) mass is 449 g/mol. The van der Waals surface area contributed by atoms with Crippen molar-refractivity contribution in [1.82, 2.24) is 4.98 Å². The molecule has 0 fully saturated rings. The summed E-state index contributed by atoms with van der Waals surface area (Å²) in [6, 6.07) is 8.02. The van der Waals surface area contributed by atoms with Crippen LogP contribution < -0.4 is 10.6 Å². The Hall–Kier alpha value is -2.40. The highest BCUT2D eigenvalue weighted by Crippen LogP contribution is 2.48. The van der Waals surface area contributed by atoms with Crippen LogP contribution in [0.1, 0.15) is 41.4 Å². The minimum atomic E-state index is -3.98. The standard InChI is InChI=1S/C22H22ClFNO4P/c1-4-5-6-7-14-10-13(2)11-15(12-14)30(28,29-3)21-18-17(25-20(21)22(26)27)9-8-16(23)19(18)24/h6-12,25H,4-5H2,1-3H3,(H,26,27)/b7-6+. The average Bonchev–Trinajstić information content (AvgIpc) is 3.11. The molecule has 0 bridgehead atoms. The van der Waals surface area contributed by atoms with Crippen LogP contribution in [-0.4, -0.2) is 23.2 Å². The van der Waals surface area contributed by atoms with Gasteiger partial charge in [-0.1, -0.05) is 43.2 Å². The van der Waals surface area contributed by atoms with Crippen LogP contribution in [-0.2, 0) is 9.09 Å². The minimum Gasteiger partial charge on any atom is -0.477 e. The molecule has 0 saturated heterocycles. The van der Waals surface area contributed by atoms with Gasteiger partial charge in [-0.2, -0.15) is 0 Å². The van der Waals surface area contributed by atoms with Gasteiger partial charge < -0.3 is 14.6 Å². The predicted octanol–water partition coefficient (Wildman–Crippen LogP) is 5.66. The molecule has 0 amide bonds. The first-order valence-electron chi connectivity index (χ1n) is 9.41. The molecule has 8 heteroatoms. The summed E-state index contributed by atoms with van der Waals surface area (Å²) in [7, 11) is -2.75. The lowest BCUT2D eigenvalue weighted by molar-refractivity contribution is 0.0692. The van der Waals surface area contributed by atoms with Gasteiger partial charge in [0.25, 0.3) is 7.37 Å². The van der Waals surface area contributed by atoms with E-state index >= 15 is 0 Å². The summed E-state index contributed by atoms with van der Waals surface area (Å²) >= 11 is 5.93. The summed E-state index contributed by atoms with van der Waals surface area (Å²) in [5, 5.41) is 9.41. The Morgan fingerprint density at radius 1 is 1.33 bits per heavy atom. The zero-order chi connectivity index (χ0) is 22.1. The van der Waals surface area contributed by atoms with Gasteiger partial charge in [0.15, 0.2) is 5.82 Å². The largest absolute Gasteiger partial charge is 0.477 e. The van der Waals surface area contributed by atoms with Crippen molar-refractivity contribution < 1.29 is 23.4 Å². The van der Waals surface area contributed by atoms with E-state index in [4.69, 9.17) is 16.1 Å². The van der Waals surface area contributed by atoms with Crippen molar-refractivity contribution in [3.63, 3.8) is 0 Å². The molecule has 0 aliphatic rings. The SMILES string of the molecule is CCC/C=C/c1cc(C)cc(P(=O)(OC)c2c(C(=O)O)[nH]c3ccc(Cl)c(F)c23)c1. The Labute approximate surface area is 179 Å². The number of aromatic carboxylic acids is 1. The number of halogens is 2. The van der Waals surface area contributed by atoms with Gasteiger partial charge in [0.1, 0.15) is 5.69 Å². The number of benzene rings is 2. The van der Waals surface area contributed by atoms with E-state index in [9.17, 15) is 18.9 Å². The third-order valence-electron chi connectivity index (χ3n) is 4.78. The molecular formula is C22H22ClFNO4P. The second kappa shape index (κ2) is 8.76. The molecular weight excluding hydrogens is 428 g/mol. The molecule has 0 aliphatic carbocycles. The Balaban J connectivity index is 2.34. The third kappa shape index (κ3) is 3.95. The molecule has 5 nitrogen and oxygen atoms in total. The first-order chi connectivity index (χ1) is 14.2. The molecule has 0 spiro atoms. The molecule has 1 atom stereocenters. The molecule has 2 aromatic carbocycles. The lowest BCUT2D eigenvalue weighted by Gasteiger charge is -2.19. The number of carboxylic acids is 1. The van der Waals surface area contributed by atoms with Gasteiger partial charge in [-0.3, -0.25) is 4.57 Å². The van der Waals surface area contributed by atoms with Crippen molar-refractivity contribution in [3.8, 4) is 0 Å². The fourth-order valence-corrected chi connectivity index (χ4v) is 5.88. The molecule has 2 N–H and O–H groups in total. The van der Waals surface area contributed by atoms with Gasteiger partial charge in [-0.05, 0) is 48.7 Å². The van der Waals surface area contributed by atoms with Crippen molar-refractivity contribution in [1.29, 1.82) is 0 Å². The minimum absolute atomic E-state index is 0.144. The van der Waals surface area contributed by atoms with Gasteiger partial charge in [0.2, 0.25) is 0 Å². The van der Waals surface area contributed by atoms with Crippen molar-refractivity contribution in [2.24, 2.45) is 0 Å². The lowest BCUT2D eigenvalue weighted by Crippen LogP contribution is -2.23. The predicted molar refractivity (Wildman–Crippen MR) is 119 cm³/mol. The van der Waals surface area contributed by atoms with E-state index < -0.39 is 19.2 Å². The van der Waals surface area contributed by atoms with E-state index in [2.05, 4.69) is 11.9 Å². The number of aromatic amines is 1. The summed E-state index contributed by atoms with van der Waals surface area (Å²) in [5.41, 5.74) is 1.40. The number of allylic oxidation sites excluding steroid dienone is 1. The number of rotatable bonds is 7. The second-order valence-corrected chi connectivity index (χ2v) is 9.80. The molecule has 1 unspecified atom stereocenters. The van der Waals surface area contributed by atoms with Crippen molar-refractivity contribution in [2.75, 3.05) is 7.11 Å². The molecule has 30 heavy (non-hydrogen) atoms. The lowest BCUT2D eigenvalue weighted by atomic mass is 10.1. The highest BCUT2D eigenvalue weighted by atomic mass is 35.5. The van der Waals surface area contributed by atoms with Crippen LogP contribution in [0.25, 0.3) is 17.0 Å². The Bertz CT molecular complexity index is 1200. The summed E-state index contributed by atoms with van der Waals surface area (Å²) in [5.74, 6) is -2.22. The topological polar surface area (TPSA) is 79.4 Å². The Morgan fingerprint density at radius 2 is 2.07 bits per heavy atom. The first-order valence-corrected chi connectivity index (χ1v) is 11.4. The van der Waals surface area contributed by atoms with Crippen LogP contribution in [0.4, 0.5) is 4.39 Å². The summed E-state index contributed by atoms with van der Waals surface area (Å²) in [4.78, 5) is 14.6. The van der Waals surface area contributed by atoms with Crippen molar-refractivity contribution >= 4 is 52.5 Å². The molecule has 3 aromatic rings. The average molecular weight is 450 g/mol. The molecule has 1 aromatic heterocycles. The van der Waals surface area contributed by atoms with Gasteiger partial charge >= 0.3 is 5.97 Å². The zero-order valence-corrected chi connectivity index (χ0v) is 18.5. The van der Waals surface area contributed by atoms with Gasteiger partial charge in [0.05, 0.1) is 15.7 Å². The molecule has 158 valence electrons. The number of hydrogen-bond acceptors (Lipinski definition) is 3. The van der Waals surface area contributed by atoms with E-state index in [0.717, 1.165) is 24.0 Å². The number of unbranched alkanes of at least 4 members (excludes halogenated alkanes) is 1. The molecule has 0 saturated carbocycles. The van der Waals surface area contributed by atoms with E-state index in [-0.39, 0.29) is 32.2 Å². The number of hydrogen-bond donors (Lipinski definition) is 2. The Kier molecular flexibility index (Phi) is 6.51. The van der Waals surface area contributed by atoms with Gasteiger partial charge in [-0.25, -0.2) is 9.18 Å². The third-order valence-corrected chi connectivity index (χ3v) is 7.56. The summed E-state index contributed by atoms with van der Waals surface area (Å²) in [6.45, 7) is 3.90. The number of aryl methyl sites for hydroxylation is 1. The number of carboxylic acid groups (broad SMARTS) is 1. The van der Waals surface area contributed by atoms with E-state index in [1.54, 1.807) is 12.1 Å². The highest BCUT2D eigenvalue weighted by Gasteiger charge is 2.37. The van der Waals surface area contributed by atoms with Crippen LogP contribution in [0.3, 0.4) is 0 Å². The summed E-state index contributed by atoms with van der Waals surface area (Å²) in [6.07, 6.45) is 5.79. The summed E-state index contributed by atoms with van der Waals surface area (Å²) < 4.78 is 34.5.